The van der Waals surface area contributed by atoms with E-state index in [0.717, 1.165) is 11.1 Å². The zero-order valence-electron chi connectivity index (χ0n) is 17.1. The molecule has 1 aromatic carbocycles. The number of carbonyl (C=O) groups excluding carboxylic acids is 2. The lowest BCUT2D eigenvalue weighted by molar-refractivity contribution is -0.124. The van der Waals surface area contributed by atoms with E-state index in [9.17, 15) is 14.0 Å². The second-order valence-corrected chi connectivity index (χ2v) is 7.23. The van der Waals surface area contributed by atoms with Gasteiger partial charge < -0.3 is 15.9 Å². The smallest absolute Gasteiger partial charge is 0.329 e. The summed E-state index contributed by atoms with van der Waals surface area (Å²) >= 11 is 0. The second-order valence-electron chi connectivity index (χ2n) is 7.23. The van der Waals surface area contributed by atoms with Crippen LogP contribution in [0.1, 0.15) is 31.7 Å². The van der Waals surface area contributed by atoms with Gasteiger partial charge in [-0.15, -0.1) is 0 Å². The van der Waals surface area contributed by atoms with Crippen molar-refractivity contribution in [1.82, 2.24) is 14.8 Å². The van der Waals surface area contributed by atoms with Gasteiger partial charge in [0.05, 0.1) is 6.42 Å². The van der Waals surface area contributed by atoms with Crippen LogP contribution in [-0.4, -0.2) is 51.4 Å². The first kappa shape index (κ1) is 20.5. The van der Waals surface area contributed by atoms with Crippen molar-refractivity contribution in [3.63, 3.8) is 0 Å². The maximum Gasteiger partial charge on any atom is 0.329 e. The van der Waals surface area contributed by atoms with Crippen molar-refractivity contribution < 1.29 is 18.4 Å². The second kappa shape index (κ2) is 7.49. The Bertz CT molecular complexity index is 1130. The Hall–Kier alpha value is -3.76. The van der Waals surface area contributed by atoms with Crippen molar-refractivity contribution in [2.45, 2.75) is 32.4 Å². The number of nitrogen functional groups attached to an aromatic ring is 2. The van der Waals surface area contributed by atoms with Crippen molar-refractivity contribution in [1.29, 1.82) is 0 Å². The standard InChI is InChI=1S/C20H22FN7O3/c1-3-7-27-18(29)17-20(28(4-2)19(27)30,12-6-5-11(22)8-13(12)23)26-15(25-17)9-16-24-10-14(21)31-16/h5-6,8,10H,3-4,7,9,22-23H2,1-2H3. The van der Waals surface area contributed by atoms with Crippen LogP contribution in [0.25, 0.3) is 0 Å². The summed E-state index contributed by atoms with van der Waals surface area (Å²) < 4.78 is 18.1. The summed E-state index contributed by atoms with van der Waals surface area (Å²) in [6.45, 7) is 4.12. The molecular formula is C20H22FN7O3. The molecule has 2 aromatic rings. The van der Waals surface area contributed by atoms with Crippen LogP contribution in [0.3, 0.4) is 0 Å². The molecule has 3 amide bonds. The number of benzene rings is 1. The lowest BCUT2D eigenvalue weighted by Crippen LogP contribution is -2.66. The van der Waals surface area contributed by atoms with Crippen LogP contribution < -0.4 is 11.5 Å². The average molecular weight is 427 g/mol. The number of aliphatic imine (C=N–C) groups is 2. The number of hydrogen-bond donors (Lipinski definition) is 2. The molecule has 1 atom stereocenters. The Morgan fingerprint density at radius 3 is 2.61 bits per heavy atom. The number of rotatable bonds is 6. The van der Waals surface area contributed by atoms with Crippen molar-refractivity contribution in [2.75, 3.05) is 24.6 Å². The Labute approximate surface area is 177 Å². The van der Waals surface area contributed by atoms with Gasteiger partial charge in [-0.1, -0.05) is 13.0 Å². The highest BCUT2D eigenvalue weighted by molar-refractivity contribution is 6.48. The zero-order chi connectivity index (χ0) is 22.3. The van der Waals surface area contributed by atoms with Gasteiger partial charge in [0.1, 0.15) is 12.0 Å². The van der Waals surface area contributed by atoms with Crippen molar-refractivity contribution in [2.24, 2.45) is 9.98 Å². The summed E-state index contributed by atoms with van der Waals surface area (Å²) in [7, 11) is 0. The number of nitrogens with two attached hydrogens (primary N) is 2. The number of halogens is 1. The van der Waals surface area contributed by atoms with Crippen LogP contribution in [0.5, 0.6) is 0 Å². The molecule has 31 heavy (non-hydrogen) atoms. The van der Waals surface area contributed by atoms with Crippen LogP contribution in [0.15, 0.2) is 38.8 Å². The minimum atomic E-state index is -1.55. The van der Waals surface area contributed by atoms with Crippen LogP contribution in [0.2, 0.25) is 0 Å². The number of fused-ring (bicyclic) bond motifs is 1. The van der Waals surface area contributed by atoms with Crippen molar-refractivity contribution in [3.8, 4) is 0 Å². The van der Waals surface area contributed by atoms with E-state index in [2.05, 4.69) is 15.0 Å². The molecule has 2 aliphatic rings. The first-order chi connectivity index (χ1) is 14.8. The van der Waals surface area contributed by atoms with E-state index < -0.39 is 23.6 Å². The number of carbonyl (C=O) groups is 2. The number of aromatic nitrogens is 1. The van der Waals surface area contributed by atoms with Crippen LogP contribution in [-0.2, 0) is 16.9 Å². The highest BCUT2D eigenvalue weighted by Crippen LogP contribution is 2.43. The molecule has 162 valence electrons. The molecule has 11 heteroatoms. The molecule has 1 fully saturated rings. The molecule has 4 N–H and O–H groups in total. The van der Waals surface area contributed by atoms with E-state index in [0.29, 0.717) is 17.7 Å². The van der Waals surface area contributed by atoms with Gasteiger partial charge in [-0.25, -0.2) is 19.8 Å². The maximum atomic E-state index is 13.3. The Kier molecular flexibility index (Phi) is 4.96. The molecule has 2 aliphatic heterocycles. The SMILES string of the molecule is CCCN1C(=O)C2=NC(Cc3ncc(F)o3)=NC2(c2ccc(N)cc2N)N(CC)C1=O. The zero-order valence-corrected chi connectivity index (χ0v) is 17.1. The Morgan fingerprint density at radius 2 is 2.00 bits per heavy atom. The number of urea groups is 1. The predicted octanol–water partition coefficient (Wildman–Crippen LogP) is 1.92. The van der Waals surface area contributed by atoms with Crippen LogP contribution in [0.4, 0.5) is 20.6 Å². The fourth-order valence-corrected chi connectivity index (χ4v) is 3.96. The summed E-state index contributed by atoms with van der Waals surface area (Å²) in [5, 5.41) is 0. The number of nitrogens with zero attached hydrogens (tertiary/aromatic N) is 5. The van der Waals surface area contributed by atoms with Crippen LogP contribution in [0, 0.1) is 6.01 Å². The van der Waals surface area contributed by atoms with Crippen molar-refractivity contribution in [3.05, 3.63) is 41.9 Å². The van der Waals surface area contributed by atoms with Gasteiger partial charge in [-0.2, -0.15) is 4.39 Å². The van der Waals surface area contributed by atoms with Gasteiger partial charge in [-0.05, 0) is 25.5 Å². The molecule has 0 bridgehead atoms. The fourth-order valence-electron chi connectivity index (χ4n) is 3.96. The summed E-state index contributed by atoms with van der Waals surface area (Å²) in [4.78, 5) is 42.2. The molecule has 0 spiro atoms. The third-order valence-corrected chi connectivity index (χ3v) is 5.21. The number of imide groups is 1. The predicted molar refractivity (Wildman–Crippen MR) is 112 cm³/mol. The molecule has 4 rings (SSSR count). The van der Waals surface area contributed by atoms with E-state index in [-0.39, 0.29) is 42.6 Å². The third kappa shape index (κ3) is 3.13. The average Bonchev–Trinajstić information content (AvgIpc) is 3.30. The number of oxazole rings is 1. The third-order valence-electron chi connectivity index (χ3n) is 5.21. The molecule has 0 saturated carbocycles. The number of anilines is 2. The van der Waals surface area contributed by atoms with E-state index in [4.69, 9.17) is 15.9 Å². The molecule has 3 heterocycles. The quantitative estimate of drug-likeness (QED) is 0.674. The van der Waals surface area contributed by atoms with E-state index in [1.165, 1.54) is 4.90 Å². The first-order valence-electron chi connectivity index (χ1n) is 9.88. The van der Waals surface area contributed by atoms with Crippen LogP contribution >= 0.6 is 0 Å². The van der Waals surface area contributed by atoms with E-state index in [1.54, 1.807) is 25.1 Å². The Balaban J connectivity index is 1.91. The molecule has 1 aromatic heterocycles. The molecular weight excluding hydrogens is 405 g/mol. The number of amides is 3. The summed E-state index contributed by atoms with van der Waals surface area (Å²) in [5.41, 5.74) is 11.7. The molecule has 1 saturated heterocycles. The molecule has 1 unspecified atom stereocenters. The van der Waals surface area contributed by atoms with Gasteiger partial charge in [0, 0.05) is 30.0 Å². The number of amidine groups is 1. The van der Waals surface area contributed by atoms with E-state index >= 15 is 0 Å². The van der Waals surface area contributed by atoms with Gasteiger partial charge in [0.25, 0.3) is 11.9 Å². The molecule has 0 aliphatic carbocycles. The minimum Gasteiger partial charge on any atom is -0.415 e. The topological polar surface area (TPSA) is 143 Å². The highest BCUT2D eigenvalue weighted by atomic mass is 19.1. The monoisotopic (exact) mass is 427 g/mol. The molecule has 10 nitrogen and oxygen atoms in total. The fraction of sp³-hybridized carbons (Fsp3) is 0.350. The Morgan fingerprint density at radius 1 is 1.23 bits per heavy atom. The normalized spacial score (nSPS) is 20.7. The lowest BCUT2D eigenvalue weighted by Gasteiger charge is -2.45. The highest BCUT2D eigenvalue weighted by Gasteiger charge is 2.58. The van der Waals surface area contributed by atoms with Gasteiger partial charge in [0.2, 0.25) is 11.6 Å². The first-order valence-corrected chi connectivity index (χ1v) is 9.88. The van der Waals surface area contributed by atoms with E-state index in [1.807, 2.05) is 6.92 Å². The van der Waals surface area contributed by atoms with Gasteiger partial charge in [0.15, 0.2) is 5.71 Å². The summed E-state index contributed by atoms with van der Waals surface area (Å²) in [6.07, 6.45) is 1.47. The largest absolute Gasteiger partial charge is 0.415 e. The van der Waals surface area contributed by atoms with Gasteiger partial charge >= 0.3 is 6.03 Å². The summed E-state index contributed by atoms with van der Waals surface area (Å²) in [5.74, 6) is -0.331. The molecule has 0 radical (unpaired) electrons. The van der Waals surface area contributed by atoms with Gasteiger partial charge in [-0.3, -0.25) is 14.6 Å². The number of hydrogen-bond acceptors (Lipinski definition) is 8. The maximum absolute atomic E-state index is 13.3. The summed E-state index contributed by atoms with van der Waals surface area (Å²) in [6, 6.07) is 3.47. The van der Waals surface area contributed by atoms with Crippen molar-refractivity contribution >= 4 is 34.9 Å². The minimum absolute atomic E-state index is 0.0425. The lowest BCUT2D eigenvalue weighted by atomic mass is 9.88.